The van der Waals surface area contributed by atoms with Crippen molar-refractivity contribution >= 4 is 33.8 Å². The molecule has 0 spiro atoms. The number of nitrogens with zero attached hydrogens (tertiary/aromatic N) is 6. The summed E-state index contributed by atoms with van der Waals surface area (Å²) in [5.41, 5.74) is 5.80. The summed E-state index contributed by atoms with van der Waals surface area (Å²) in [6, 6.07) is 8.27. The van der Waals surface area contributed by atoms with E-state index in [0.29, 0.717) is 37.5 Å². The maximum absolute atomic E-state index is 11.9. The van der Waals surface area contributed by atoms with E-state index >= 15 is 0 Å². The van der Waals surface area contributed by atoms with E-state index in [1.165, 1.54) is 16.8 Å². The van der Waals surface area contributed by atoms with Crippen molar-refractivity contribution in [3.63, 3.8) is 0 Å². The SMILES string of the molecule is Cc1cccc(N2CCN(c3cc(N4CCOCC4)c([N+](=O)[O-])c4nonc34)CC2)c1C. The van der Waals surface area contributed by atoms with Gasteiger partial charge in [0.15, 0.2) is 5.52 Å². The largest absolute Gasteiger partial charge is 0.378 e. The van der Waals surface area contributed by atoms with Crippen LogP contribution < -0.4 is 14.7 Å². The molecule has 1 aromatic heterocycles. The third-order valence-corrected chi connectivity index (χ3v) is 6.54. The summed E-state index contributed by atoms with van der Waals surface area (Å²) in [5, 5.41) is 19.9. The molecule has 2 aliphatic heterocycles. The van der Waals surface area contributed by atoms with Gasteiger partial charge in [-0.05, 0) is 47.4 Å². The Labute approximate surface area is 185 Å². The van der Waals surface area contributed by atoms with Gasteiger partial charge in [0.05, 0.1) is 23.8 Å². The van der Waals surface area contributed by atoms with E-state index in [-0.39, 0.29) is 16.1 Å². The van der Waals surface area contributed by atoms with E-state index in [9.17, 15) is 10.1 Å². The standard InChI is InChI=1S/C22H26N6O4/c1-15-4-3-5-17(16(15)2)25-6-8-26(9-7-25)18-14-19(27-10-12-31-13-11-27)22(28(29)30)21-20(18)23-32-24-21/h3-5,14H,6-13H2,1-2H3. The number of anilines is 3. The monoisotopic (exact) mass is 438 g/mol. The molecule has 2 aliphatic rings. The van der Waals surface area contributed by atoms with Gasteiger partial charge in [-0.15, -0.1) is 0 Å². The highest BCUT2D eigenvalue weighted by molar-refractivity contribution is 6.00. The summed E-state index contributed by atoms with van der Waals surface area (Å²) in [6.07, 6.45) is 0. The minimum absolute atomic E-state index is 0.0547. The number of nitro benzene ring substituents is 1. The Morgan fingerprint density at radius 3 is 2.19 bits per heavy atom. The van der Waals surface area contributed by atoms with Crippen molar-refractivity contribution in [2.45, 2.75) is 13.8 Å². The predicted molar refractivity (Wildman–Crippen MR) is 122 cm³/mol. The summed E-state index contributed by atoms with van der Waals surface area (Å²) in [5.74, 6) is 0. The second-order valence-corrected chi connectivity index (χ2v) is 8.27. The Bertz CT molecular complexity index is 1150. The van der Waals surface area contributed by atoms with Crippen LogP contribution in [0.1, 0.15) is 11.1 Å². The van der Waals surface area contributed by atoms with Gasteiger partial charge in [0.1, 0.15) is 5.69 Å². The van der Waals surface area contributed by atoms with Gasteiger partial charge in [-0.1, -0.05) is 12.1 Å². The minimum atomic E-state index is -0.389. The predicted octanol–water partition coefficient (Wildman–Crippen LogP) is 2.91. The van der Waals surface area contributed by atoms with Crippen molar-refractivity contribution in [1.82, 2.24) is 10.3 Å². The van der Waals surface area contributed by atoms with Gasteiger partial charge in [-0.25, -0.2) is 4.63 Å². The number of fused-ring (bicyclic) bond motifs is 1. The van der Waals surface area contributed by atoms with Crippen LogP contribution in [-0.2, 0) is 4.74 Å². The second kappa shape index (κ2) is 8.27. The van der Waals surface area contributed by atoms with Gasteiger partial charge >= 0.3 is 5.69 Å². The van der Waals surface area contributed by atoms with Gasteiger partial charge in [0, 0.05) is 45.0 Å². The molecule has 2 saturated heterocycles. The lowest BCUT2D eigenvalue weighted by Crippen LogP contribution is -2.47. The highest BCUT2D eigenvalue weighted by Crippen LogP contribution is 2.41. The third-order valence-electron chi connectivity index (χ3n) is 6.54. The van der Waals surface area contributed by atoms with Crippen LogP contribution in [0.25, 0.3) is 11.0 Å². The first-order valence-electron chi connectivity index (χ1n) is 10.9. The van der Waals surface area contributed by atoms with Crippen LogP contribution in [0, 0.1) is 24.0 Å². The van der Waals surface area contributed by atoms with E-state index < -0.39 is 0 Å². The van der Waals surface area contributed by atoms with E-state index in [4.69, 9.17) is 9.37 Å². The van der Waals surface area contributed by atoms with Gasteiger partial charge < -0.3 is 19.4 Å². The molecule has 10 nitrogen and oxygen atoms in total. The number of nitro groups is 1. The quantitative estimate of drug-likeness (QED) is 0.449. The van der Waals surface area contributed by atoms with E-state index in [2.05, 4.69) is 52.2 Å². The van der Waals surface area contributed by atoms with Gasteiger partial charge in [0.2, 0.25) is 5.52 Å². The zero-order valence-electron chi connectivity index (χ0n) is 18.3. The Balaban J connectivity index is 1.48. The molecule has 168 valence electrons. The van der Waals surface area contributed by atoms with Crippen LogP contribution in [0.3, 0.4) is 0 Å². The Kier molecular flexibility index (Phi) is 5.30. The number of aromatic nitrogens is 2. The number of hydrogen-bond donors (Lipinski definition) is 0. The van der Waals surface area contributed by atoms with Gasteiger partial charge in [0.25, 0.3) is 0 Å². The lowest BCUT2D eigenvalue weighted by molar-refractivity contribution is -0.382. The Hall–Kier alpha value is -3.40. The lowest BCUT2D eigenvalue weighted by atomic mass is 10.1. The fourth-order valence-corrected chi connectivity index (χ4v) is 4.63. The molecular formula is C22H26N6O4. The van der Waals surface area contributed by atoms with Gasteiger partial charge in [-0.2, -0.15) is 0 Å². The number of morpholine rings is 1. The second-order valence-electron chi connectivity index (χ2n) is 8.27. The Morgan fingerprint density at radius 1 is 0.875 bits per heavy atom. The Morgan fingerprint density at radius 2 is 1.50 bits per heavy atom. The zero-order chi connectivity index (χ0) is 22.2. The highest BCUT2D eigenvalue weighted by Gasteiger charge is 2.32. The molecular weight excluding hydrogens is 412 g/mol. The van der Waals surface area contributed by atoms with E-state index in [1.807, 2.05) is 11.0 Å². The molecule has 0 aliphatic carbocycles. The molecule has 0 unspecified atom stereocenters. The third kappa shape index (κ3) is 3.50. The number of benzene rings is 2. The number of ether oxygens (including phenoxy) is 1. The van der Waals surface area contributed by atoms with Gasteiger partial charge in [-0.3, -0.25) is 10.1 Å². The molecule has 0 N–H and O–H groups in total. The summed E-state index contributed by atoms with van der Waals surface area (Å²) < 4.78 is 10.4. The highest BCUT2D eigenvalue weighted by atomic mass is 16.6. The molecule has 2 fully saturated rings. The van der Waals surface area contributed by atoms with Crippen LogP contribution in [0.5, 0.6) is 0 Å². The normalized spacial score (nSPS) is 17.2. The summed E-state index contributed by atoms with van der Waals surface area (Å²) in [6.45, 7) is 9.80. The summed E-state index contributed by atoms with van der Waals surface area (Å²) >= 11 is 0. The van der Waals surface area contributed by atoms with Crippen molar-refractivity contribution in [3.05, 3.63) is 45.5 Å². The van der Waals surface area contributed by atoms with Crippen LogP contribution in [0.2, 0.25) is 0 Å². The fraction of sp³-hybridized carbons (Fsp3) is 0.455. The van der Waals surface area contributed by atoms with Crippen molar-refractivity contribution < 1.29 is 14.3 Å². The minimum Gasteiger partial charge on any atom is -0.378 e. The average molecular weight is 438 g/mol. The molecule has 3 heterocycles. The molecule has 5 rings (SSSR count). The van der Waals surface area contributed by atoms with Crippen molar-refractivity contribution in [2.75, 3.05) is 67.2 Å². The average Bonchev–Trinajstić information content (AvgIpc) is 3.30. The fourth-order valence-electron chi connectivity index (χ4n) is 4.63. The van der Waals surface area contributed by atoms with Crippen LogP contribution >= 0.6 is 0 Å². The molecule has 0 bridgehead atoms. The summed E-state index contributed by atoms with van der Waals surface area (Å²) in [7, 11) is 0. The smallest absolute Gasteiger partial charge is 0.323 e. The molecule has 0 atom stereocenters. The van der Waals surface area contributed by atoms with Crippen LogP contribution in [0.4, 0.5) is 22.7 Å². The van der Waals surface area contributed by atoms with Crippen molar-refractivity contribution in [1.29, 1.82) is 0 Å². The molecule has 0 saturated carbocycles. The molecule has 3 aromatic rings. The molecule has 2 aromatic carbocycles. The lowest BCUT2D eigenvalue weighted by Gasteiger charge is -2.38. The van der Waals surface area contributed by atoms with Crippen LogP contribution in [0.15, 0.2) is 28.9 Å². The number of rotatable bonds is 4. The first kappa shape index (κ1) is 20.5. The first-order valence-corrected chi connectivity index (χ1v) is 10.9. The molecule has 10 heteroatoms. The van der Waals surface area contributed by atoms with Crippen LogP contribution in [-0.4, -0.2) is 67.7 Å². The topological polar surface area (TPSA) is 101 Å². The molecule has 32 heavy (non-hydrogen) atoms. The number of hydrogen-bond acceptors (Lipinski definition) is 9. The van der Waals surface area contributed by atoms with E-state index in [1.54, 1.807) is 0 Å². The maximum atomic E-state index is 11.9. The molecule has 0 amide bonds. The zero-order valence-corrected chi connectivity index (χ0v) is 18.3. The van der Waals surface area contributed by atoms with Crippen molar-refractivity contribution in [2.24, 2.45) is 0 Å². The van der Waals surface area contributed by atoms with Crippen molar-refractivity contribution in [3.8, 4) is 0 Å². The molecule has 0 radical (unpaired) electrons. The summed E-state index contributed by atoms with van der Waals surface area (Å²) in [4.78, 5) is 18.2. The number of aryl methyl sites for hydroxylation is 1. The van der Waals surface area contributed by atoms with E-state index in [0.717, 1.165) is 31.9 Å². The first-order chi connectivity index (χ1) is 15.5. The number of piperazine rings is 1. The maximum Gasteiger partial charge on any atom is 0.323 e.